The molecule has 0 amide bonds. The van der Waals surface area contributed by atoms with E-state index in [2.05, 4.69) is 60.3 Å². The third-order valence-corrected chi connectivity index (χ3v) is 5.07. The Balaban J connectivity index is 1.43. The van der Waals surface area contributed by atoms with Crippen molar-refractivity contribution in [2.75, 3.05) is 13.2 Å². The highest BCUT2D eigenvalue weighted by molar-refractivity contribution is 5.31. The molecule has 0 unspecified atom stereocenters. The second kappa shape index (κ2) is 7.97. The summed E-state index contributed by atoms with van der Waals surface area (Å²) < 4.78 is 8.22. The number of quaternary nitrogens is 1. The number of fused-ring (bicyclic) bond motifs is 1. The summed E-state index contributed by atoms with van der Waals surface area (Å²) in [6, 6.07) is 12.8. The van der Waals surface area contributed by atoms with E-state index in [9.17, 15) is 5.11 Å². The third kappa shape index (κ3) is 4.07. The van der Waals surface area contributed by atoms with E-state index in [1.165, 1.54) is 22.5 Å². The fourth-order valence-corrected chi connectivity index (χ4v) is 3.47. The van der Waals surface area contributed by atoms with Crippen molar-refractivity contribution in [2.45, 2.75) is 44.9 Å². The predicted octanol–water partition coefficient (Wildman–Crippen LogP) is 1.85. The number of aliphatic hydroxyl groups excluding tert-OH is 1. The molecule has 2 aromatic rings. The van der Waals surface area contributed by atoms with Crippen LogP contribution < -0.4 is 5.32 Å². The summed E-state index contributed by atoms with van der Waals surface area (Å²) in [4.78, 5) is 0. The average Bonchev–Trinajstić information content (AvgIpc) is 2.92. The van der Waals surface area contributed by atoms with Gasteiger partial charge < -0.3 is 19.7 Å². The zero-order valence-corrected chi connectivity index (χ0v) is 14.7. The minimum absolute atomic E-state index is 0.139. The van der Waals surface area contributed by atoms with Gasteiger partial charge in [0.1, 0.15) is 19.2 Å². The molecule has 3 rings (SSSR count). The summed E-state index contributed by atoms with van der Waals surface area (Å²) in [5, 5.41) is 12.4. The molecule has 1 heterocycles. The van der Waals surface area contributed by atoms with E-state index in [4.69, 9.17) is 4.74 Å². The molecule has 0 saturated heterocycles. The van der Waals surface area contributed by atoms with Gasteiger partial charge in [-0.2, -0.15) is 0 Å². The van der Waals surface area contributed by atoms with Crippen LogP contribution in [0.3, 0.4) is 0 Å². The maximum absolute atomic E-state index is 10.2. The van der Waals surface area contributed by atoms with Crippen LogP contribution in [0.4, 0.5) is 0 Å². The lowest BCUT2D eigenvalue weighted by atomic mass is 9.89. The van der Waals surface area contributed by atoms with Gasteiger partial charge in [-0.15, -0.1) is 0 Å². The second-order valence-electron chi connectivity index (χ2n) is 6.82. The first-order chi connectivity index (χ1) is 11.6. The third-order valence-electron chi connectivity index (χ3n) is 5.07. The molecule has 0 fully saturated rings. The highest BCUT2D eigenvalue weighted by Gasteiger charge is 2.21. The number of aromatic nitrogens is 1. The molecule has 0 saturated carbocycles. The van der Waals surface area contributed by atoms with Gasteiger partial charge in [-0.05, 0) is 49.4 Å². The van der Waals surface area contributed by atoms with Crippen molar-refractivity contribution in [3.05, 3.63) is 58.9 Å². The number of benzene rings is 1. The highest BCUT2D eigenvalue weighted by atomic mass is 16.5. The van der Waals surface area contributed by atoms with Crippen LogP contribution in [0.25, 0.3) is 0 Å². The van der Waals surface area contributed by atoms with Gasteiger partial charge in [0.15, 0.2) is 0 Å². The Morgan fingerprint density at radius 2 is 2.12 bits per heavy atom. The summed E-state index contributed by atoms with van der Waals surface area (Å²) in [5.41, 5.74) is 5.24. The van der Waals surface area contributed by atoms with Crippen molar-refractivity contribution in [3.63, 3.8) is 0 Å². The maximum Gasteiger partial charge on any atom is 0.126 e. The van der Waals surface area contributed by atoms with Gasteiger partial charge in [0.2, 0.25) is 0 Å². The zero-order chi connectivity index (χ0) is 16.9. The van der Waals surface area contributed by atoms with Gasteiger partial charge in [0.25, 0.3) is 0 Å². The van der Waals surface area contributed by atoms with Gasteiger partial charge in [-0.3, -0.25) is 0 Å². The molecule has 24 heavy (non-hydrogen) atoms. The summed E-state index contributed by atoms with van der Waals surface area (Å²) in [6.45, 7) is 4.06. The molecule has 4 heteroatoms. The first kappa shape index (κ1) is 17.2. The minimum Gasteiger partial charge on any atom is -0.385 e. The lowest BCUT2D eigenvalue weighted by Crippen LogP contribution is -2.85. The van der Waals surface area contributed by atoms with Crippen LogP contribution in [0.15, 0.2) is 36.4 Å². The summed E-state index contributed by atoms with van der Waals surface area (Å²) in [6.07, 6.45) is 3.07. The van der Waals surface area contributed by atoms with E-state index >= 15 is 0 Å². The van der Waals surface area contributed by atoms with Crippen LogP contribution in [0, 0.1) is 6.92 Å². The monoisotopic (exact) mass is 329 g/mol. The van der Waals surface area contributed by atoms with Crippen LogP contribution in [0.1, 0.15) is 41.5 Å². The number of aryl methyl sites for hydroxylation is 2. The molecule has 0 spiro atoms. The number of hydrogen-bond acceptors (Lipinski definition) is 2. The van der Waals surface area contributed by atoms with Gasteiger partial charge in [-0.25, -0.2) is 0 Å². The Morgan fingerprint density at radius 3 is 2.92 bits per heavy atom. The predicted molar refractivity (Wildman–Crippen MR) is 94.7 cm³/mol. The lowest BCUT2D eigenvalue weighted by Gasteiger charge is -2.26. The van der Waals surface area contributed by atoms with Crippen molar-refractivity contribution in [3.8, 4) is 0 Å². The Bertz CT molecular complexity index is 665. The number of rotatable bonds is 7. The molecule has 1 aliphatic rings. The number of ether oxygens (including phenoxy) is 1. The maximum atomic E-state index is 10.2. The lowest BCUT2D eigenvalue weighted by molar-refractivity contribution is -0.677. The fourth-order valence-electron chi connectivity index (χ4n) is 3.47. The molecule has 3 N–H and O–H groups in total. The van der Waals surface area contributed by atoms with E-state index in [1.807, 2.05) is 0 Å². The van der Waals surface area contributed by atoms with E-state index < -0.39 is 6.10 Å². The standard InChI is InChI=1S/C20H28N2O2/c1-15-10-11-17(22(15)2)12-21-13-18(23)14-24-20-9-5-7-16-6-3-4-8-19(16)20/h3-4,6,8,10-11,18,20-21,23H,5,7,9,12-14H2,1-2H3/p+1/t18-,20+/m1/s1. The van der Waals surface area contributed by atoms with Gasteiger partial charge in [-0.1, -0.05) is 24.3 Å². The van der Waals surface area contributed by atoms with Crippen LogP contribution in [0.2, 0.25) is 0 Å². The molecular weight excluding hydrogens is 300 g/mol. The molecule has 1 aromatic carbocycles. The first-order valence-electron chi connectivity index (χ1n) is 8.95. The van der Waals surface area contributed by atoms with Gasteiger partial charge >= 0.3 is 0 Å². The largest absolute Gasteiger partial charge is 0.385 e. The zero-order valence-electron chi connectivity index (χ0n) is 14.7. The van der Waals surface area contributed by atoms with Crippen LogP contribution in [-0.4, -0.2) is 28.9 Å². The van der Waals surface area contributed by atoms with E-state index in [0.717, 1.165) is 25.8 Å². The number of nitrogens with two attached hydrogens (primary N) is 1. The van der Waals surface area contributed by atoms with Crippen molar-refractivity contribution in [1.29, 1.82) is 0 Å². The normalized spacial score (nSPS) is 18.4. The molecule has 2 atom stereocenters. The van der Waals surface area contributed by atoms with Crippen molar-refractivity contribution < 1.29 is 15.2 Å². The topological polar surface area (TPSA) is 51.0 Å². The number of nitrogens with zero attached hydrogens (tertiary/aromatic N) is 1. The Morgan fingerprint density at radius 1 is 1.29 bits per heavy atom. The molecule has 0 aliphatic heterocycles. The van der Waals surface area contributed by atoms with Crippen molar-refractivity contribution in [2.24, 2.45) is 7.05 Å². The van der Waals surface area contributed by atoms with E-state index in [1.54, 1.807) is 0 Å². The fraction of sp³-hybridized carbons (Fsp3) is 0.500. The molecule has 4 nitrogen and oxygen atoms in total. The summed E-state index contributed by atoms with van der Waals surface area (Å²) in [7, 11) is 2.08. The molecule has 0 radical (unpaired) electrons. The van der Waals surface area contributed by atoms with E-state index in [0.29, 0.717) is 13.2 Å². The van der Waals surface area contributed by atoms with E-state index in [-0.39, 0.29) is 6.10 Å². The smallest absolute Gasteiger partial charge is 0.126 e. The second-order valence-corrected chi connectivity index (χ2v) is 6.82. The average molecular weight is 329 g/mol. The van der Waals surface area contributed by atoms with Crippen molar-refractivity contribution >= 4 is 0 Å². The Kier molecular flexibility index (Phi) is 5.72. The van der Waals surface area contributed by atoms with Gasteiger partial charge in [0, 0.05) is 12.7 Å². The van der Waals surface area contributed by atoms with Crippen LogP contribution in [0.5, 0.6) is 0 Å². The molecule has 1 aromatic heterocycles. The van der Waals surface area contributed by atoms with Crippen LogP contribution in [-0.2, 0) is 24.8 Å². The van der Waals surface area contributed by atoms with Gasteiger partial charge in [0.05, 0.1) is 18.4 Å². The molecule has 130 valence electrons. The quantitative estimate of drug-likeness (QED) is 0.814. The number of aliphatic hydroxyl groups is 1. The van der Waals surface area contributed by atoms with Crippen molar-refractivity contribution in [1.82, 2.24) is 4.57 Å². The number of hydrogen-bond donors (Lipinski definition) is 2. The first-order valence-corrected chi connectivity index (χ1v) is 8.95. The Hall–Kier alpha value is -1.62. The van der Waals surface area contributed by atoms with Crippen LogP contribution >= 0.6 is 0 Å². The highest BCUT2D eigenvalue weighted by Crippen LogP contribution is 2.32. The molecule has 1 aliphatic carbocycles. The molecule has 0 bridgehead atoms. The minimum atomic E-state index is -0.430. The summed E-state index contributed by atoms with van der Waals surface area (Å²) in [5.74, 6) is 0. The SMILES string of the molecule is Cc1ccc(C[NH2+]C[C@@H](O)CO[C@H]2CCCc3ccccc32)n1C. The molecular formula is C20H29N2O2+. The Labute approximate surface area is 144 Å². The summed E-state index contributed by atoms with van der Waals surface area (Å²) >= 11 is 0.